The summed E-state index contributed by atoms with van der Waals surface area (Å²) in [7, 11) is 0. The topological polar surface area (TPSA) is 19.6 Å². The van der Waals surface area contributed by atoms with E-state index in [9.17, 15) is 0 Å². The van der Waals surface area contributed by atoms with Gasteiger partial charge < -0.3 is 14.2 Å². The maximum absolute atomic E-state index is 6.96. The summed E-state index contributed by atoms with van der Waals surface area (Å²) in [4.78, 5) is 5.26. The molecule has 0 saturated heterocycles. The number of nitrogens with zero attached hydrogens (tertiary/aromatic N) is 2. The molecule has 3 aliphatic rings. The fourth-order valence-corrected chi connectivity index (χ4v) is 12.3. The van der Waals surface area contributed by atoms with Crippen molar-refractivity contribution in [2.75, 3.05) is 9.80 Å². The van der Waals surface area contributed by atoms with Gasteiger partial charge in [-0.2, -0.15) is 0 Å². The maximum Gasteiger partial charge on any atom is 0.264 e. The summed E-state index contributed by atoms with van der Waals surface area (Å²) < 4.78 is 9.72. The zero-order valence-corrected chi connectivity index (χ0v) is 40.4. The molecule has 0 spiro atoms. The highest BCUT2D eigenvalue weighted by atomic mass is 32.1. The molecule has 0 N–H and O–H groups in total. The van der Waals surface area contributed by atoms with Crippen molar-refractivity contribution in [2.24, 2.45) is 0 Å². The second-order valence-electron chi connectivity index (χ2n) is 23.3. The van der Waals surface area contributed by atoms with Gasteiger partial charge in [-0.15, -0.1) is 11.3 Å². The smallest absolute Gasteiger partial charge is 0.264 e. The molecule has 1 aliphatic carbocycles. The van der Waals surface area contributed by atoms with E-state index in [4.69, 9.17) is 4.42 Å². The molecule has 6 aromatic carbocycles. The summed E-state index contributed by atoms with van der Waals surface area (Å²) in [6.07, 6.45) is 2.32. The molecule has 0 amide bonds. The largest absolute Gasteiger partial charge is 0.454 e. The molecule has 318 valence electrons. The minimum Gasteiger partial charge on any atom is -0.454 e. The van der Waals surface area contributed by atoms with Crippen LogP contribution in [0.15, 0.2) is 114 Å². The van der Waals surface area contributed by atoms with Crippen LogP contribution in [-0.2, 0) is 27.1 Å². The SMILES string of the molecule is CC(C)(C)c1ccc(N2c3cc(C(C)(C)C)cc4c3B(c3cc5c(cc3N4c3cccc4c3oc3ccccc34)C(C)(C)CCC5(C)C)c3sc4ccc(C(C)(C)C)cc4c32)cc1. The Kier molecular flexibility index (Phi) is 8.46. The molecular weight excluding hydrogens is 784 g/mol. The van der Waals surface area contributed by atoms with Crippen molar-refractivity contribution >= 4 is 99.9 Å². The predicted octanol–water partition coefficient (Wildman–Crippen LogP) is 15.1. The van der Waals surface area contributed by atoms with Crippen molar-refractivity contribution in [3.8, 4) is 0 Å². The Bertz CT molecular complexity index is 3190. The molecule has 0 atom stereocenters. The molecule has 2 aliphatic heterocycles. The van der Waals surface area contributed by atoms with Gasteiger partial charge in [-0.1, -0.05) is 145 Å². The van der Waals surface area contributed by atoms with Crippen LogP contribution >= 0.6 is 11.3 Å². The normalized spacial score (nSPS) is 16.7. The van der Waals surface area contributed by atoms with Crippen molar-refractivity contribution in [1.82, 2.24) is 0 Å². The number of benzene rings is 6. The molecule has 0 unspecified atom stereocenters. The first-order valence-electron chi connectivity index (χ1n) is 23.2. The van der Waals surface area contributed by atoms with E-state index in [0.29, 0.717) is 0 Å². The van der Waals surface area contributed by atoms with Crippen molar-refractivity contribution in [3.63, 3.8) is 0 Å². The van der Waals surface area contributed by atoms with Crippen molar-refractivity contribution in [3.05, 3.63) is 137 Å². The molecule has 63 heavy (non-hydrogen) atoms. The molecule has 5 heteroatoms. The minimum absolute atomic E-state index is 0.00834. The van der Waals surface area contributed by atoms with Crippen LogP contribution in [0.5, 0.6) is 0 Å². The monoisotopic (exact) mass is 844 g/mol. The Labute approximate surface area is 379 Å². The fraction of sp³-hybridized carbons (Fsp3) is 0.345. The number of hydrogen-bond acceptors (Lipinski definition) is 4. The number of anilines is 6. The van der Waals surface area contributed by atoms with E-state index in [-0.39, 0.29) is 33.8 Å². The van der Waals surface area contributed by atoms with E-state index in [1.54, 1.807) is 0 Å². The number of para-hydroxylation sites is 2. The Balaban J connectivity index is 1.31. The standard InChI is InChI=1S/C58H61BN2OS/c1-54(2,3)34-21-24-37(25-22-34)60-46-30-36(56(7,8)9)31-47-50(46)59(53-51(60)40-29-35(55(4,5)6)23-26-49(40)63-53)43-32-41-42(58(12,13)28-27-57(41,10)11)33-45(43)61(47)44-19-16-18-39-38-17-14-15-20-48(38)62-52(39)44/h14-26,29-33H,27-28H2,1-13H3. The van der Waals surface area contributed by atoms with Gasteiger partial charge in [0.25, 0.3) is 6.71 Å². The zero-order chi connectivity index (χ0) is 44.3. The molecule has 11 rings (SSSR count). The van der Waals surface area contributed by atoms with Crippen LogP contribution in [0.25, 0.3) is 32.0 Å². The lowest BCUT2D eigenvalue weighted by Crippen LogP contribution is -2.61. The van der Waals surface area contributed by atoms with Gasteiger partial charge in [0.05, 0.1) is 11.4 Å². The fourth-order valence-electron chi connectivity index (χ4n) is 11.0. The van der Waals surface area contributed by atoms with Crippen LogP contribution in [0, 0.1) is 0 Å². The first-order chi connectivity index (χ1) is 29.6. The number of hydrogen-bond donors (Lipinski definition) is 0. The van der Waals surface area contributed by atoms with Crippen LogP contribution in [0.3, 0.4) is 0 Å². The van der Waals surface area contributed by atoms with Gasteiger partial charge in [0, 0.05) is 48.4 Å². The first-order valence-corrected chi connectivity index (χ1v) is 24.0. The lowest BCUT2D eigenvalue weighted by atomic mass is 9.35. The van der Waals surface area contributed by atoms with E-state index in [2.05, 4.69) is 209 Å². The van der Waals surface area contributed by atoms with Gasteiger partial charge >= 0.3 is 0 Å². The molecule has 4 heterocycles. The third kappa shape index (κ3) is 6.04. The molecule has 0 saturated carbocycles. The number of furan rings is 1. The van der Waals surface area contributed by atoms with Gasteiger partial charge in [-0.25, -0.2) is 0 Å². The van der Waals surface area contributed by atoms with Gasteiger partial charge in [-0.3, -0.25) is 0 Å². The Morgan fingerprint density at radius 3 is 1.81 bits per heavy atom. The van der Waals surface area contributed by atoms with E-state index < -0.39 is 0 Å². The summed E-state index contributed by atoms with van der Waals surface area (Å²) in [5, 5.41) is 3.64. The van der Waals surface area contributed by atoms with Crippen LogP contribution in [0.4, 0.5) is 34.1 Å². The predicted molar refractivity (Wildman–Crippen MR) is 275 cm³/mol. The molecule has 8 aromatic rings. The van der Waals surface area contributed by atoms with Crippen LogP contribution in [-0.4, -0.2) is 6.71 Å². The zero-order valence-electron chi connectivity index (χ0n) is 39.6. The maximum atomic E-state index is 6.96. The molecule has 2 aromatic heterocycles. The van der Waals surface area contributed by atoms with E-state index in [1.165, 1.54) is 82.0 Å². The van der Waals surface area contributed by atoms with Gasteiger partial charge in [0.2, 0.25) is 0 Å². The minimum atomic E-state index is -0.127. The molecule has 0 bridgehead atoms. The number of thiophene rings is 1. The average molecular weight is 845 g/mol. The van der Waals surface area contributed by atoms with Gasteiger partial charge in [0.15, 0.2) is 5.58 Å². The summed E-state index contributed by atoms with van der Waals surface area (Å²) in [5.41, 5.74) is 19.0. The highest BCUT2D eigenvalue weighted by Crippen LogP contribution is 2.53. The highest BCUT2D eigenvalue weighted by Gasteiger charge is 2.48. The Morgan fingerprint density at radius 1 is 0.540 bits per heavy atom. The van der Waals surface area contributed by atoms with Crippen LogP contribution in [0.1, 0.15) is 131 Å². The molecule has 3 nitrogen and oxygen atoms in total. The van der Waals surface area contributed by atoms with E-state index >= 15 is 0 Å². The molecular formula is C58H61BN2OS. The third-order valence-electron chi connectivity index (χ3n) is 15.0. The van der Waals surface area contributed by atoms with Crippen molar-refractivity contribution in [1.29, 1.82) is 0 Å². The lowest BCUT2D eigenvalue weighted by Gasteiger charge is -2.47. The quantitative estimate of drug-likeness (QED) is 0.162. The van der Waals surface area contributed by atoms with Crippen molar-refractivity contribution in [2.45, 2.75) is 130 Å². The summed E-state index contributed by atoms with van der Waals surface area (Å²) in [5.74, 6) is 0. The number of rotatable bonds is 2. The highest BCUT2D eigenvalue weighted by molar-refractivity contribution is 7.33. The van der Waals surface area contributed by atoms with Crippen LogP contribution < -0.4 is 25.5 Å². The van der Waals surface area contributed by atoms with E-state index in [0.717, 1.165) is 40.5 Å². The second kappa shape index (κ2) is 13.2. The van der Waals surface area contributed by atoms with Crippen molar-refractivity contribution < 1.29 is 4.42 Å². The Morgan fingerprint density at radius 2 is 1.14 bits per heavy atom. The van der Waals surface area contributed by atoms with Gasteiger partial charge in [-0.05, 0) is 133 Å². The Hall–Kier alpha value is -5.26. The van der Waals surface area contributed by atoms with Gasteiger partial charge in [0.1, 0.15) is 5.58 Å². The lowest BCUT2D eigenvalue weighted by molar-refractivity contribution is 0.332. The third-order valence-corrected chi connectivity index (χ3v) is 16.2. The summed E-state index contributed by atoms with van der Waals surface area (Å²) >= 11 is 2.00. The first kappa shape index (κ1) is 40.5. The molecule has 0 radical (unpaired) electrons. The van der Waals surface area contributed by atoms with Crippen LogP contribution in [0.2, 0.25) is 0 Å². The molecule has 0 fully saturated rings. The van der Waals surface area contributed by atoms with E-state index in [1.807, 2.05) is 11.3 Å². The second-order valence-corrected chi connectivity index (χ2v) is 24.4. The number of fused-ring (bicyclic) bond motifs is 10. The summed E-state index contributed by atoms with van der Waals surface area (Å²) in [6.45, 7) is 31.0. The summed E-state index contributed by atoms with van der Waals surface area (Å²) in [6, 6.07) is 42.4. The average Bonchev–Trinajstić information content (AvgIpc) is 3.80.